The molecule has 0 atom stereocenters. The van der Waals surface area contributed by atoms with Crippen LogP contribution < -0.4 is 0 Å². The molecule has 2 fully saturated rings. The van der Waals surface area contributed by atoms with Gasteiger partial charge in [0.2, 0.25) is 5.91 Å². The number of H-pyrrole nitrogens is 1. The zero-order chi connectivity index (χ0) is 19.3. The fraction of sp³-hybridized carbons (Fsp3) is 0.450. The van der Waals surface area contributed by atoms with Gasteiger partial charge >= 0.3 is 6.09 Å². The number of carbonyl (C=O) groups excluding carboxylic acids is 2. The van der Waals surface area contributed by atoms with Crippen molar-refractivity contribution in [2.45, 2.75) is 13.0 Å². The number of nitrogens with one attached hydrogen (secondary N) is 1. The Morgan fingerprint density at radius 1 is 1.11 bits per heavy atom. The lowest BCUT2D eigenvalue weighted by atomic mass is 10.1. The normalized spacial score (nSPS) is 18.2. The predicted molar refractivity (Wildman–Crippen MR) is 103 cm³/mol. The van der Waals surface area contributed by atoms with Gasteiger partial charge in [0.1, 0.15) is 13.2 Å². The van der Waals surface area contributed by atoms with Gasteiger partial charge < -0.3 is 9.64 Å². The van der Waals surface area contributed by atoms with E-state index in [4.69, 9.17) is 4.74 Å². The Labute approximate surface area is 164 Å². The lowest BCUT2D eigenvalue weighted by molar-refractivity contribution is -0.131. The van der Waals surface area contributed by atoms with E-state index in [0.29, 0.717) is 19.7 Å². The molecule has 0 spiro atoms. The number of aromatic nitrogens is 2. The molecule has 1 aromatic carbocycles. The van der Waals surface area contributed by atoms with Gasteiger partial charge in [-0.05, 0) is 12.0 Å². The summed E-state index contributed by atoms with van der Waals surface area (Å²) < 4.78 is 4.90. The van der Waals surface area contributed by atoms with Crippen LogP contribution in [0.2, 0.25) is 0 Å². The van der Waals surface area contributed by atoms with E-state index >= 15 is 0 Å². The van der Waals surface area contributed by atoms with Crippen LogP contribution in [0.4, 0.5) is 4.79 Å². The first-order valence-electron chi connectivity index (χ1n) is 9.70. The molecule has 0 saturated carbocycles. The van der Waals surface area contributed by atoms with Crippen molar-refractivity contribution in [3.63, 3.8) is 0 Å². The predicted octanol–water partition coefficient (Wildman–Crippen LogP) is 1.56. The zero-order valence-electron chi connectivity index (χ0n) is 15.8. The smallest absolute Gasteiger partial charge is 0.410 e. The van der Waals surface area contributed by atoms with Gasteiger partial charge in [-0.2, -0.15) is 5.10 Å². The van der Waals surface area contributed by atoms with Crippen LogP contribution in [0.5, 0.6) is 0 Å². The second-order valence-electron chi connectivity index (χ2n) is 7.18. The molecule has 4 rings (SSSR count). The van der Waals surface area contributed by atoms with E-state index in [1.807, 2.05) is 29.3 Å². The molecule has 2 saturated heterocycles. The molecule has 8 nitrogen and oxygen atoms in total. The second kappa shape index (κ2) is 8.43. The number of amides is 2. The van der Waals surface area contributed by atoms with Crippen molar-refractivity contribution in [1.29, 1.82) is 0 Å². The molecular formula is C20H25N5O3. The third-order valence-electron chi connectivity index (χ3n) is 5.29. The Hall–Kier alpha value is -2.87. The summed E-state index contributed by atoms with van der Waals surface area (Å²) in [6, 6.07) is 10.2. The van der Waals surface area contributed by atoms with E-state index in [2.05, 4.69) is 27.2 Å². The molecule has 1 aromatic heterocycles. The maximum Gasteiger partial charge on any atom is 0.410 e. The van der Waals surface area contributed by atoms with E-state index in [0.717, 1.165) is 49.4 Å². The molecular weight excluding hydrogens is 358 g/mol. The average Bonchev–Trinajstić information content (AvgIpc) is 3.26. The van der Waals surface area contributed by atoms with Gasteiger partial charge in [-0.15, -0.1) is 0 Å². The van der Waals surface area contributed by atoms with E-state index in [9.17, 15) is 9.59 Å². The van der Waals surface area contributed by atoms with Gasteiger partial charge in [-0.1, -0.05) is 30.3 Å². The summed E-state index contributed by atoms with van der Waals surface area (Å²) in [6.45, 7) is 4.88. The van der Waals surface area contributed by atoms with Gasteiger partial charge in [0.05, 0.1) is 18.4 Å². The summed E-state index contributed by atoms with van der Waals surface area (Å²) >= 11 is 0. The van der Waals surface area contributed by atoms with Crippen LogP contribution in [-0.4, -0.2) is 82.8 Å². The molecule has 8 heteroatoms. The van der Waals surface area contributed by atoms with Crippen molar-refractivity contribution >= 4 is 12.0 Å². The fourth-order valence-corrected chi connectivity index (χ4v) is 3.74. The Kier molecular flexibility index (Phi) is 5.57. The average molecular weight is 383 g/mol. The Bertz CT molecular complexity index is 822. The summed E-state index contributed by atoms with van der Waals surface area (Å²) in [6.07, 6.45) is 2.40. The maximum absolute atomic E-state index is 12.6. The summed E-state index contributed by atoms with van der Waals surface area (Å²) in [5.74, 6) is -0.00557. The molecule has 148 valence electrons. The standard InChI is InChI=1S/C20H25N5O3/c26-18(15-25-11-12-28-20(25)27)24-8-4-7-23(9-10-24)14-17-13-21-22-19(17)16-5-2-1-3-6-16/h1-3,5-6,13H,4,7-12,14-15H2,(H,21,22). The first-order chi connectivity index (χ1) is 13.7. The highest BCUT2D eigenvalue weighted by atomic mass is 16.6. The zero-order valence-corrected chi connectivity index (χ0v) is 15.8. The number of hydrogen-bond acceptors (Lipinski definition) is 5. The quantitative estimate of drug-likeness (QED) is 0.847. The maximum atomic E-state index is 12.6. The molecule has 2 aliphatic heterocycles. The van der Waals surface area contributed by atoms with Crippen LogP contribution in [0.25, 0.3) is 11.3 Å². The van der Waals surface area contributed by atoms with Crippen molar-refractivity contribution in [1.82, 2.24) is 24.9 Å². The number of aromatic amines is 1. The number of carbonyl (C=O) groups is 2. The number of cyclic esters (lactones) is 1. The largest absolute Gasteiger partial charge is 0.448 e. The van der Waals surface area contributed by atoms with Crippen LogP contribution in [0.3, 0.4) is 0 Å². The Morgan fingerprint density at radius 3 is 2.75 bits per heavy atom. The van der Waals surface area contributed by atoms with Crippen LogP contribution in [-0.2, 0) is 16.1 Å². The van der Waals surface area contributed by atoms with Crippen molar-refractivity contribution in [3.8, 4) is 11.3 Å². The molecule has 2 amide bonds. The highest BCUT2D eigenvalue weighted by Crippen LogP contribution is 2.22. The van der Waals surface area contributed by atoms with E-state index in [-0.39, 0.29) is 12.5 Å². The van der Waals surface area contributed by atoms with Crippen LogP contribution in [0, 0.1) is 0 Å². The molecule has 0 bridgehead atoms. The van der Waals surface area contributed by atoms with Crippen LogP contribution in [0.1, 0.15) is 12.0 Å². The van der Waals surface area contributed by atoms with Gasteiger partial charge in [0, 0.05) is 38.3 Å². The van der Waals surface area contributed by atoms with Crippen LogP contribution in [0.15, 0.2) is 36.5 Å². The van der Waals surface area contributed by atoms with Gasteiger partial charge in [-0.3, -0.25) is 19.7 Å². The number of rotatable bonds is 5. The van der Waals surface area contributed by atoms with Crippen molar-refractivity contribution in [2.24, 2.45) is 0 Å². The number of benzene rings is 1. The molecule has 0 radical (unpaired) electrons. The van der Waals surface area contributed by atoms with E-state index in [1.54, 1.807) is 0 Å². The van der Waals surface area contributed by atoms with Gasteiger partial charge in [-0.25, -0.2) is 4.79 Å². The lowest BCUT2D eigenvalue weighted by Crippen LogP contribution is -2.42. The summed E-state index contributed by atoms with van der Waals surface area (Å²) in [4.78, 5) is 29.8. The Morgan fingerprint density at radius 2 is 1.96 bits per heavy atom. The SMILES string of the molecule is O=C(CN1CCOC1=O)N1CCCN(Cc2cn[nH]c2-c2ccccc2)CC1. The minimum absolute atomic E-state index is 0.00557. The van der Waals surface area contributed by atoms with Crippen molar-refractivity contribution in [2.75, 3.05) is 45.9 Å². The topological polar surface area (TPSA) is 81.8 Å². The number of ether oxygens (including phenoxy) is 1. The van der Waals surface area contributed by atoms with Crippen molar-refractivity contribution in [3.05, 3.63) is 42.1 Å². The number of nitrogens with zero attached hydrogens (tertiary/aromatic N) is 4. The lowest BCUT2D eigenvalue weighted by Gasteiger charge is -2.23. The van der Waals surface area contributed by atoms with Gasteiger partial charge in [0.25, 0.3) is 0 Å². The third-order valence-corrected chi connectivity index (χ3v) is 5.29. The first-order valence-corrected chi connectivity index (χ1v) is 9.70. The molecule has 28 heavy (non-hydrogen) atoms. The van der Waals surface area contributed by atoms with Crippen molar-refractivity contribution < 1.29 is 14.3 Å². The Balaban J connectivity index is 1.34. The monoisotopic (exact) mass is 383 g/mol. The van der Waals surface area contributed by atoms with E-state index in [1.165, 1.54) is 4.90 Å². The highest BCUT2D eigenvalue weighted by Gasteiger charge is 2.27. The summed E-state index contributed by atoms with van der Waals surface area (Å²) in [7, 11) is 0. The van der Waals surface area contributed by atoms with E-state index < -0.39 is 6.09 Å². The minimum atomic E-state index is -0.391. The molecule has 2 aliphatic rings. The summed E-state index contributed by atoms with van der Waals surface area (Å²) in [5, 5.41) is 7.34. The molecule has 1 N–H and O–H groups in total. The minimum Gasteiger partial charge on any atom is -0.448 e. The molecule has 0 aliphatic carbocycles. The van der Waals surface area contributed by atoms with Crippen LogP contribution >= 0.6 is 0 Å². The molecule has 2 aromatic rings. The van der Waals surface area contributed by atoms with Gasteiger partial charge in [0.15, 0.2) is 0 Å². The molecule has 3 heterocycles. The molecule has 0 unspecified atom stereocenters. The highest BCUT2D eigenvalue weighted by molar-refractivity contribution is 5.82. The third kappa shape index (κ3) is 4.17. The summed E-state index contributed by atoms with van der Waals surface area (Å²) in [5.41, 5.74) is 3.33. The fourth-order valence-electron chi connectivity index (χ4n) is 3.74. The second-order valence-corrected chi connectivity index (χ2v) is 7.18. The number of hydrogen-bond donors (Lipinski definition) is 1. The first kappa shape index (κ1) is 18.5.